The fourth-order valence-corrected chi connectivity index (χ4v) is 10.3. The monoisotopic (exact) mass is 1010 g/mol. The van der Waals surface area contributed by atoms with E-state index in [9.17, 15) is 4.79 Å². The van der Waals surface area contributed by atoms with Crippen LogP contribution in [0.25, 0.3) is 78.5 Å². The van der Waals surface area contributed by atoms with E-state index < -0.39 is 0 Å². The highest BCUT2D eigenvalue weighted by atomic mass is 16.5. The smallest absolute Gasteiger partial charge is 0.318 e. The molecule has 0 radical (unpaired) electrons. The Kier molecular flexibility index (Phi) is 12.7. The SMILES string of the molecule is COc1ccc(-c2c(Nc3cnc(-c4cc(-c5c(Nc6ccnc(OC)n6)[nH]c6c(C7=CCCCC7)c(-c7ccccc7)nn6c5=O)ccc4OC)cn3)[nH]c3c(C4=CCCCC4)c(-c4ccccc4)nn3c2=O)cc1. The van der Waals surface area contributed by atoms with E-state index in [1.165, 1.54) is 16.1 Å². The summed E-state index contributed by atoms with van der Waals surface area (Å²) in [6.07, 6.45) is 17.2. The summed E-state index contributed by atoms with van der Waals surface area (Å²) < 4.78 is 19.7. The summed E-state index contributed by atoms with van der Waals surface area (Å²) in [6, 6.07) is 34.5. The summed E-state index contributed by atoms with van der Waals surface area (Å²) >= 11 is 0. The third kappa shape index (κ3) is 8.80. The number of anilines is 4. The number of H-pyrrole nitrogens is 2. The van der Waals surface area contributed by atoms with Crippen LogP contribution in [-0.2, 0) is 0 Å². The highest BCUT2D eigenvalue weighted by Gasteiger charge is 2.28. The first-order valence-electron chi connectivity index (χ1n) is 25.3. The Balaban J connectivity index is 0.977. The number of nitrogens with one attached hydrogen (secondary N) is 4. The van der Waals surface area contributed by atoms with E-state index in [1.807, 2.05) is 97.1 Å². The van der Waals surface area contributed by atoms with Crippen molar-refractivity contribution in [2.24, 2.45) is 0 Å². The van der Waals surface area contributed by atoms with Crippen LogP contribution in [-0.4, -0.2) is 70.5 Å². The van der Waals surface area contributed by atoms with E-state index in [0.717, 1.165) is 90.5 Å². The zero-order valence-corrected chi connectivity index (χ0v) is 42.1. The molecule has 4 aromatic carbocycles. The number of methoxy groups -OCH3 is 3. The van der Waals surface area contributed by atoms with Crippen molar-refractivity contribution in [2.45, 2.75) is 51.4 Å². The molecule has 0 unspecified atom stereocenters. The van der Waals surface area contributed by atoms with Crippen molar-refractivity contribution < 1.29 is 14.2 Å². The van der Waals surface area contributed by atoms with Gasteiger partial charge < -0.3 is 34.8 Å². The third-order valence-electron chi connectivity index (χ3n) is 14.0. The van der Waals surface area contributed by atoms with Crippen LogP contribution in [0.15, 0.2) is 150 Å². The molecule has 2 aliphatic rings. The highest BCUT2D eigenvalue weighted by molar-refractivity contribution is 5.92. The number of aromatic nitrogens is 10. The van der Waals surface area contributed by atoms with E-state index >= 15 is 4.79 Å². The zero-order valence-electron chi connectivity index (χ0n) is 42.1. The Hall–Kier alpha value is -9.64. The Labute approximate surface area is 436 Å². The van der Waals surface area contributed by atoms with Gasteiger partial charge in [0.1, 0.15) is 57.5 Å². The minimum Gasteiger partial charge on any atom is -0.497 e. The molecule has 0 fully saturated rings. The predicted molar refractivity (Wildman–Crippen MR) is 296 cm³/mol. The number of hydrogen-bond donors (Lipinski definition) is 4. The van der Waals surface area contributed by atoms with Gasteiger partial charge in [-0.25, -0.2) is 9.97 Å². The molecular formula is C59H52N12O5. The Morgan fingerprint density at radius 3 is 1.64 bits per heavy atom. The van der Waals surface area contributed by atoms with Crippen molar-refractivity contribution >= 4 is 45.7 Å². The topological polar surface area (TPSA) is 204 Å². The van der Waals surface area contributed by atoms with E-state index in [-0.39, 0.29) is 22.7 Å². The summed E-state index contributed by atoms with van der Waals surface area (Å²) in [5.74, 6) is 2.71. The quantitative estimate of drug-likeness (QED) is 0.0802. The molecule has 0 saturated carbocycles. The number of nitrogens with zero attached hydrogens (tertiary/aromatic N) is 8. The van der Waals surface area contributed by atoms with Crippen molar-refractivity contribution in [2.75, 3.05) is 32.0 Å². The molecule has 0 bridgehead atoms. The van der Waals surface area contributed by atoms with Gasteiger partial charge in [0.25, 0.3) is 11.1 Å². The lowest BCUT2D eigenvalue weighted by Crippen LogP contribution is -2.20. The normalized spacial score (nSPS) is 13.6. The van der Waals surface area contributed by atoms with Crippen LogP contribution in [0.4, 0.5) is 23.3 Å². The van der Waals surface area contributed by atoms with Crippen LogP contribution < -0.4 is 36.0 Å². The molecule has 17 nitrogen and oxygen atoms in total. The maximum atomic E-state index is 15.3. The lowest BCUT2D eigenvalue weighted by atomic mass is 9.92. The van der Waals surface area contributed by atoms with Gasteiger partial charge in [0, 0.05) is 34.0 Å². The molecule has 378 valence electrons. The minimum atomic E-state index is -0.366. The van der Waals surface area contributed by atoms with Gasteiger partial charge in [0.15, 0.2) is 0 Å². The first-order chi connectivity index (χ1) is 37.4. The van der Waals surface area contributed by atoms with Crippen LogP contribution in [0, 0.1) is 0 Å². The Bertz CT molecular complexity index is 3990. The van der Waals surface area contributed by atoms with E-state index in [2.05, 4.69) is 42.7 Å². The Morgan fingerprint density at radius 1 is 0.539 bits per heavy atom. The zero-order chi connectivity index (χ0) is 51.7. The summed E-state index contributed by atoms with van der Waals surface area (Å²) in [5.41, 5.74) is 10.6. The molecule has 6 aromatic heterocycles. The molecule has 4 N–H and O–H groups in total. The van der Waals surface area contributed by atoms with Gasteiger partial charge in [-0.3, -0.25) is 14.6 Å². The van der Waals surface area contributed by atoms with Gasteiger partial charge in [-0.15, -0.1) is 0 Å². The maximum Gasteiger partial charge on any atom is 0.318 e. The van der Waals surface area contributed by atoms with Crippen molar-refractivity contribution in [3.63, 3.8) is 0 Å². The molecule has 6 heterocycles. The fourth-order valence-electron chi connectivity index (χ4n) is 10.3. The molecule has 10 aromatic rings. The maximum absolute atomic E-state index is 15.3. The van der Waals surface area contributed by atoms with Crippen molar-refractivity contribution in [1.29, 1.82) is 0 Å². The summed E-state index contributed by atoms with van der Waals surface area (Å²) in [5, 5.41) is 16.9. The number of rotatable bonds is 14. The summed E-state index contributed by atoms with van der Waals surface area (Å²) in [4.78, 5) is 55.9. The highest BCUT2D eigenvalue weighted by Crippen LogP contribution is 2.41. The van der Waals surface area contributed by atoms with Crippen LogP contribution >= 0.6 is 0 Å². The van der Waals surface area contributed by atoms with Gasteiger partial charge in [-0.05, 0) is 104 Å². The van der Waals surface area contributed by atoms with Gasteiger partial charge in [-0.2, -0.15) is 24.2 Å². The van der Waals surface area contributed by atoms with E-state index in [0.29, 0.717) is 79.7 Å². The van der Waals surface area contributed by atoms with Crippen molar-refractivity contribution in [3.8, 4) is 73.5 Å². The molecule has 0 saturated heterocycles. The molecule has 12 rings (SSSR count). The fraction of sp³-hybridized carbons (Fsp3) is 0.186. The summed E-state index contributed by atoms with van der Waals surface area (Å²) in [7, 11) is 4.68. The predicted octanol–water partition coefficient (Wildman–Crippen LogP) is 11.7. The minimum absolute atomic E-state index is 0.159. The van der Waals surface area contributed by atoms with Gasteiger partial charge in [0.2, 0.25) is 0 Å². The van der Waals surface area contributed by atoms with Crippen LogP contribution in [0.2, 0.25) is 0 Å². The van der Waals surface area contributed by atoms with Crippen LogP contribution in [0.5, 0.6) is 17.5 Å². The molecule has 76 heavy (non-hydrogen) atoms. The van der Waals surface area contributed by atoms with Crippen LogP contribution in [0.1, 0.15) is 62.5 Å². The van der Waals surface area contributed by atoms with Crippen molar-refractivity contribution in [3.05, 3.63) is 172 Å². The lowest BCUT2D eigenvalue weighted by molar-refractivity contribution is 0.380. The molecular weight excluding hydrogens is 957 g/mol. The second kappa shape index (κ2) is 20.3. The van der Waals surface area contributed by atoms with Gasteiger partial charge in [0.05, 0.1) is 50.5 Å². The average Bonchev–Trinajstić information content (AvgIpc) is 4.17. The second-order valence-corrected chi connectivity index (χ2v) is 18.6. The molecule has 0 spiro atoms. The molecule has 17 heteroatoms. The standard InChI is InChI=1S/C59H52N12O5/c1-74-41-27-24-37(25-28-41)49-53(66-55-47(35-16-8-4-9-17-35)51(68-70(55)57(49)72)38-20-12-6-13-21-38)64-46-34-61-43(33-62-46)42-32-40(26-29-44(42)75-2)50-54(63-45-30-31-60-59(65-45)76-3)67-56-48(36-18-10-5-11-19-36)52(69-71(56)58(50)73)39-22-14-7-15-23-39/h6-7,12-16,18,20-34,66-67H,4-5,8-11,17,19H2,1-3H3,(H,62,64)(H,60,63,65). The number of ether oxygens (including phenoxy) is 3. The van der Waals surface area contributed by atoms with Crippen molar-refractivity contribution in [1.82, 2.24) is 49.1 Å². The number of allylic oxidation sites excluding steroid dienone is 4. The average molecular weight is 1010 g/mol. The molecule has 2 aliphatic carbocycles. The molecule has 0 aliphatic heterocycles. The van der Waals surface area contributed by atoms with E-state index in [4.69, 9.17) is 34.4 Å². The lowest BCUT2D eigenvalue weighted by Gasteiger charge is -2.17. The second-order valence-electron chi connectivity index (χ2n) is 18.6. The number of fused-ring (bicyclic) bond motifs is 2. The first kappa shape index (κ1) is 47.4. The third-order valence-corrected chi connectivity index (χ3v) is 14.0. The van der Waals surface area contributed by atoms with Gasteiger partial charge >= 0.3 is 6.01 Å². The number of benzene rings is 4. The number of aromatic amines is 2. The van der Waals surface area contributed by atoms with E-state index in [1.54, 1.807) is 44.9 Å². The molecule has 0 amide bonds. The number of hydrogen-bond acceptors (Lipinski definition) is 13. The van der Waals surface area contributed by atoms with Crippen LogP contribution in [0.3, 0.4) is 0 Å². The van der Waals surface area contributed by atoms with Gasteiger partial charge in [-0.1, -0.05) is 91.0 Å². The summed E-state index contributed by atoms with van der Waals surface area (Å²) in [6.45, 7) is 0. The Morgan fingerprint density at radius 2 is 1.12 bits per heavy atom. The largest absolute Gasteiger partial charge is 0.497 e. The first-order valence-corrected chi connectivity index (χ1v) is 25.3. The molecule has 0 atom stereocenters.